The van der Waals surface area contributed by atoms with Gasteiger partial charge in [0.2, 0.25) is 0 Å². The Morgan fingerprint density at radius 2 is 2.11 bits per heavy atom. The van der Waals surface area contributed by atoms with E-state index in [0.717, 1.165) is 34.5 Å². The van der Waals surface area contributed by atoms with Crippen LogP contribution in [0.5, 0.6) is 0 Å². The van der Waals surface area contributed by atoms with Crippen molar-refractivity contribution < 1.29 is 4.42 Å². The average molecular weight is 268 g/mol. The Labute approximate surface area is 112 Å². The van der Waals surface area contributed by atoms with Crippen LogP contribution >= 0.6 is 11.6 Å². The number of halogens is 1. The van der Waals surface area contributed by atoms with Crippen molar-refractivity contribution >= 4 is 11.6 Å². The van der Waals surface area contributed by atoms with E-state index in [2.05, 4.69) is 17.3 Å². The van der Waals surface area contributed by atoms with Gasteiger partial charge in [0.25, 0.3) is 0 Å². The Morgan fingerprint density at radius 1 is 1.33 bits per heavy atom. The molecule has 0 saturated carbocycles. The molecule has 2 aromatic heterocycles. The van der Waals surface area contributed by atoms with Crippen LogP contribution in [0.2, 0.25) is 5.02 Å². The van der Waals surface area contributed by atoms with Crippen molar-refractivity contribution in [1.29, 1.82) is 0 Å². The van der Waals surface area contributed by atoms with Crippen molar-refractivity contribution in [1.82, 2.24) is 15.1 Å². The molecule has 0 amide bonds. The maximum Gasteiger partial charge on any atom is 0.117 e. The van der Waals surface area contributed by atoms with Crippen LogP contribution < -0.4 is 5.32 Å². The van der Waals surface area contributed by atoms with Gasteiger partial charge in [-0.2, -0.15) is 5.10 Å². The quantitative estimate of drug-likeness (QED) is 0.905. The van der Waals surface area contributed by atoms with Crippen molar-refractivity contribution in [2.45, 2.75) is 40.4 Å². The minimum atomic E-state index is 0.688. The van der Waals surface area contributed by atoms with Gasteiger partial charge in [-0.1, -0.05) is 11.6 Å². The first-order valence-corrected chi connectivity index (χ1v) is 6.47. The summed E-state index contributed by atoms with van der Waals surface area (Å²) in [7, 11) is 0. The molecule has 0 aliphatic carbocycles. The third-order valence-corrected chi connectivity index (χ3v) is 3.33. The molecule has 18 heavy (non-hydrogen) atoms. The third kappa shape index (κ3) is 2.76. The zero-order valence-corrected chi connectivity index (χ0v) is 11.7. The fourth-order valence-corrected chi connectivity index (χ4v) is 2.12. The molecule has 0 spiro atoms. The minimum absolute atomic E-state index is 0.688. The summed E-state index contributed by atoms with van der Waals surface area (Å²) in [5.41, 5.74) is 1.91. The van der Waals surface area contributed by atoms with Crippen molar-refractivity contribution in [3.8, 4) is 0 Å². The molecule has 4 nitrogen and oxygen atoms in total. The molecule has 0 aliphatic rings. The van der Waals surface area contributed by atoms with Crippen LogP contribution in [0.3, 0.4) is 0 Å². The highest BCUT2D eigenvalue weighted by molar-refractivity contribution is 6.31. The topological polar surface area (TPSA) is 43.0 Å². The number of hydrogen-bond donors (Lipinski definition) is 1. The maximum atomic E-state index is 6.23. The van der Waals surface area contributed by atoms with Gasteiger partial charge in [-0.3, -0.25) is 4.68 Å². The van der Waals surface area contributed by atoms with E-state index in [-0.39, 0.29) is 0 Å². The molecule has 0 fully saturated rings. The lowest BCUT2D eigenvalue weighted by Gasteiger charge is -2.06. The summed E-state index contributed by atoms with van der Waals surface area (Å²) in [5, 5.41) is 8.45. The Morgan fingerprint density at radius 3 is 2.72 bits per heavy atom. The molecule has 0 unspecified atom stereocenters. The summed E-state index contributed by atoms with van der Waals surface area (Å²) >= 11 is 6.23. The molecule has 1 N–H and O–H groups in total. The van der Waals surface area contributed by atoms with Crippen LogP contribution in [-0.2, 0) is 19.6 Å². The van der Waals surface area contributed by atoms with Crippen LogP contribution in [0.25, 0.3) is 0 Å². The van der Waals surface area contributed by atoms with Crippen molar-refractivity contribution in [3.63, 3.8) is 0 Å². The van der Waals surface area contributed by atoms with Gasteiger partial charge in [0, 0.05) is 13.1 Å². The van der Waals surface area contributed by atoms with Gasteiger partial charge in [-0.25, -0.2) is 0 Å². The molecule has 0 radical (unpaired) electrons. The zero-order valence-electron chi connectivity index (χ0n) is 11.0. The molecule has 0 aromatic carbocycles. The van der Waals surface area contributed by atoms with E-state index in [4.69, 9.17) is 16.0 Å². The molecule has 0 atom stereocenters. The van der Waals surface area contributed by atoms with Crippen LogP contribution in [0.1, 0.15) is 29.8 Å². The Hall–Kier alpha value is -1.26. The second-order valence-electron chi connectivity index (χ2n) is 4.28. The lowest BCUT2D eigenvalue weighted by molar-refractivity contribution is 0.457. The van der Waals surface area contributed by atoms with Crippen LogP contribution in [-0.4, -0.2) is 9.78 Å². The van der Waals surface area contributed by atoms with Crippen molar-refractivity contribution in [2.75, 3.05) is 0 Å². The fourth-order valence-electron chi connectivity index (χ4n) is 1.92. The second-order valence-corrected chi connectivity index (χ2v) is 4.66. The summed E-state index contributed by atoms with van der Waals surface area (Å²) in [5.74, 6) is 1.86. The van der Waals surface area contributed by atoms with E-state index in [1.165, 1.54) is 0 Å². The van der Waals surface area contributed by atoms with E-state index < -0.39 is 0 Å². The number of furan rings is 1. The SMILES string of the molecule is CCn1nc(C)c(Cl)c1CNCc1ccc(C)o1. The van der Waals surface area contributed by atoms with E-state index in [1.807, 2.05) is 30.7 Å². The Kier molecular flexibility index (Phi) is 4.09. The summed E-state index contributed by atoms with van der Waals surface area (Å²) in [6.07, 6.45) is 0. The highest BCUT2D eigenvalue weighted by atomic mass is 35.5. The Balaban J connectivity index is 1.98. The van der Waals surface area contributed by atoms with E-state index >= 15 is 0 Å². The fraction of sp³-hybridized carbons (Fsp3) is 0.462. The number of rotatable bonds is 5. The molecule has 0 bridgehead atoms. The highest BCUT2D eigenvalue weighted by Crippen LogP contribution is 2.20. The summed E-state index contributed by atoms with van der Waals surface area (Å²) in [6.45, 7) is 8.13. The van der Waals surface area contributed by atoms with Gasteiger partial charge < -0.3 is 9.73 Å². The summed E-state index contributed by atoms with van der Waals surface area (Å²) < 4.78 is 7.42. The van der Waals surface area contributed by atoms with Gasteiger partial charge >= 0.3 is 0 Å². The normalized spacial score (nSPS) is 11.1. The predicted molar refractivity (Wildman–Crippen MR) is 71.6 cm³/mol. The van der Waals surface area contributed by atoms with Gasteiger partial charge in [0.1, 0.15) is 11.5 Å². The summed E-state index contributed by atoms with van der Waals surface area (Å²) in [4.78, 5) is 0. The van der Waals surface area contributed by atoms with Gasteiger partial charge in [0.15, 0.2) is 0 Å². The molecule has 0 aliphatic heterocycles. The van der Waals surface area contributed by atoms with Gasteiger partial charge in [-0.05, 0) is 32.9 Å². The standard InChI is InChI=1S/C13H18ClN3O/c1-4-17-12(13(14)10(3)16-17)8-15-7-11-6-5-9(2)18-11/h5-6,15H,4,7-8H2,1-3H3. The average Bonchev–Trinajstić information content (AvgIpc) is 2.87. The predicted octanol–water partition coefficient (Wildman–Crippen LogP) is 3.06. The number of nitrogens with one attached hydrogen (secondary N) is 1. The Bertz CT molecular complexity index is 530. The number of aryl methyl sites for hydroxylation is 3. The van der Waals surface area contributed by atoms with Crippen LogP contribution in [0.4, 0.5) is 0 Å². The first-order valence-electron chi connectivity index (χ1n) is 6.09. The third-order valence-electron chi connectivity index (χ3n) is 2.84. The highest BCUT2D eigenvalue weighted by Gasteiger charge is 2.11. The maximum absolute atomic E-state index is 6.23. The largest absolute Gasteiger partial charge is 0.465 e. The molecule has 2 heterocycles. The molecule has 0 saturated heterocycles. The van der Waals surface area contributed by atoms with Gasteiger partial charge in [-0.15, -0.1) is 0 Å². The van der Waals surface area contributed by atoms with Crippen LogP contribution in [0.15, 0.2) is 16.5 Å². The monoisotopic (exact) mass is 267 g/mol. The second kappa shape index (κ2) is 5.59. The van der Waals surface area contributed by atoms with Crippen LogP contribution in [0, 0.1) is 13.8 Å². The molecule has 2 aromatic rings. The lowest BCUT2D eigenvalue weighted by Crippen LogP contribution is -2.16. The molecule has 98 valence electrons. The summed E-state index contributed by atoms with van der Waals surface area (Å²) in [6, 6.07) is 3.94. The van der Waals surface area contributed by atoms with Crippen molar-refractivity contribution in [3.05, 3.63) is 40.1 Å². The molecule has 2 rings (SSSR count). The van der Waals surface area contributed by atoms with Gasteiger partial charge in [0.05, 0.1) is 23.0 Å². The first-order chi connectivity index (χ1) is 8.61. The number of hydrogen-bond acceptors (Lipinski definition) is 3. The smallest absolute Gasteiger partial charge is 0.117 e. The first kappa shape index (κ1) is 13.2. The molecular weight excluding hydrogens is 250 g/mol. The van der Waals surface area contributed by atoms with Crippen molar-refractivity contribution in [2.24, 2.45) is 0 Å². The van der Waals surface area contributed by atoms with E-state index in [1.54, 1.807) is 0 Å². The van der Waals surface area contributed by atoms with E-state index in [9.17, 15) is 0 Å². The minimum Gasteiger partial charge on any atom is -0.465 e. The van der Waals surface area contributed by atoms with E-state index in [0.29, 0.717) is 13.1 Å². The lowest BCUT2D eigenvalue weighted by atomic mass is 10.3. The molecule has 5 heteroatoms. The zero-order chi connectivity index (χ0) is 13.1. The number of nitrogens with zero attached hydrogens (tertiary/aromatic N) is 2. The molecular formula is C13H18ClN3O. The number of aromatic nitrogens is 2.